The highest BCUT2D eigenvalue weighted by Gasteiger charge is 2.31. The summed E-state index contributed by atoms with van der Waals surface area (Å²) in [6, 6.07) is 3.10. The first-order valence-electron chi connectivity index (χ1n) is 10.9. The number of rotatable bonds is 4. The molecule has 1 aromatic heterocycles. The van der Waals surface area contributed by atoms with Crippen LogP contribution in [-0.4, -0.2) is 27.8 Å². The maximum absolute atomic E-state index is 15.1. The number of nitrogens with zero attached hydrogens (tertiary/aromatic N) is 2. The second-order valence-corrected chi connectivity index (χ2v) is 9.68. The average Bonchev–Trinajstić information content (AvgIpc) is 2.97. The van der Waals surface area contributed by atoms with Crippen LogP contribution in [0.4, 0.5) is 10.1 Å². The van der Waals surface area contributed by atoms with Crippen LogP contribution in [-0.2, 0) is 12.8 Å². The molecule has 2 atom stereocenters. The van der Waals surface area contributed by atoms with Gasteiger partial charge in [-0.15, -0.1) is 0 Å². The third-order valence-corrected chi connectivity index (χ3v) is 6.71. The number of hydrogen-bond donors (Lipinski definition) is 3. The Balaban J connectivity index is 1.79. The van der Waals surface area contributed by atoms with Crippen molar-refractivity contribution in [3.05, 3.63) is 40.5 Å². The lowest BCUT2D eigenvalue weighted by Gasteiger charge is -2.31. The standard InChI is InChI=1S/C23H32FN5O/c1-13-15-8-9-23(2,3)12-20(15)29(28-13)14-10-16(24)21(22(26)30)19(11-14)27-18-7-5-4-6-17(18)25/h10-11,17-18,27H,4-9,12,25H2,1-3H3,(H2,26,30)/t17-,18-/m0/s1. The van der Waals surface area contributed by atoms with Gasteiger partial charge >= 0.3 is 0 Å². The van der Waals surface area contributed by atoms with Gasteiger partial charge in [0.25, 0.3) is 5.91 Å². The van der Waals surface area contributed by atoms with Gasteiger partial charge in [0.05, 0.1) is 22.6 Å². The maximum Gasteiger partial charge on any atom is 0.253 e. The molecule has 7 heteroatoms. The molecule has 0 aliphatic heterocycles. The number of aryl methyl sites for hydroxylation is 1. The van der Waals surface area contributed by atoms with Crippen molar-refractivity contribution in [3.63, 3.8) is 0 Å². The van der Waals surface area contributed by atoms with Crippen molar-refractivity contribution in [2.45, 2.75) is 77.8 Å². The lowest BCUT2D eigenvalue weighted by atomic mass is 9.76. The van der Waals surface area contributed by atoms with E-state index in [4.69, 9.17) is 16.6 Å². The van der Waals surface area contributed by atoms with Crippen molar-refractivity contribution in [3.8, 4) is 5.69 Å². The molecule has 0 spiro atoms. The molecule has 2 aliphatic carbocycles. The molecule has 1 fully saturated rings. The van der Waals surface area contributed by atoms with E-state index in [0.717, 1.165) is 56.3 Å². The molecule has 1 heterocycles. The quantitative estimate of drug-likeness (QED) is 0.713. The number of primary amides is 1. The zero-order valence-electron chi connectivity index (χ0n) is 18.1. The summed E-state index contributed by atoms with van der Waals surface area (Å²) in [4.78, 5) is 12.0. The summed E-state index contributed by atoms with van der Waals surface area (Å²) in [6.45, 7) is 6.50. The molecule has 6 nitrogen and oxygen atoms in total. The van der Waals surface area contributed by atoms with Crippen molar-refractivity contribution in [2.24, 2.45) is 16.9 Å². The number of carbonyl (C=O) groups excluding carboxylic acids is 1. The predicted octanol–water partition coefficient (Wildman–Crippen LogP) is 3.62. The zero-order valence-corrected chi connectivity index (χ0v) is 18.1. The van der Waals surface area contributed by atoms with Crippen LogP contribution in [0.15, 0.2) is 12.1 Å². The third-order valence-electron chi connectivity index (χ3n) is 6.71. The second kappa shape index (κ2) is 7.69. The van der Waals surface area contributed by atoms with E-state index in [1.54, 1.807) is 6.07 Å². The highest BCUT2D eigenvalue weighted by atomic mass is 19.1. The number of nitrogens with two attached hydrogens (primary N) is 2. The Morgan fingerprint density at radius 1 is 1.30 bits per heavy atom. The molecule has 0 saturated heterocycles. The highest BCUT2D eigenvalue weighted by Crippen LogP contribution is 2.37. The van der Waals surface area contributed by atoms with Gasteiger partial charge in [0.2, 0.25) is 0 Å². The Bertz CT molecular complexity index is 980. The van der Waals surface area contributed by atoms with Gasteiger partial charge in [0.15, 0.2) is 0 Å². The second-order valence-electron chi connectivity index (χ2n) is 9.68. The number of amides is 1. The van der Waals surface area contributed by atoms with Crippen LogP contribution in [0.25, 0.3) is 5.69 Å². The minimum Gasteiger partial charge on any atom is -0.380 e. The number of carbonyl (C=O) groups is 1. The van der Waals surface area contributed by atoms with E-state index < -0.39 is 11.7 Å². The van der Waals surface area contributed by atoms with Gasteiger partial charge in [-0.1, -0.05) is 26.7 Å². The van der Waals surface area contributed by atoms with Crippen molar-refractivity contribution in [2.75, 3.05) is 5.32 Å². The summed E-state index contributed by atoms with van der Waals surface area (Å²) in [5, 5.41) is 8.06. The lowest BCUT2D eigenvalue weighted by molar-refractivity contribution is 0.0997. The molecule has 0 bridgehead atoms. The van der Waals surface area contributed by atoms with Crippen LogP contribution in [0, 0.1) is 18.2 Å². The zero-order chi connectivity index (χ0) is 21.6. The lowest BCUT2D eigenvalue weighted by Crippen LogP contribution is -2.43. The summed E-state index contributed by atoms with van der Waals surface area (Å²) in [6.07, 6.45) is 6.89. The van der Waals surface area contributed by atoms with Gasteiger partial charge < -0.3 is 16.8 Å². The minimum atomic E-state index is -0.786. The van der Waals surface area contributed by atoms with Crippen molar-refractivity contribution in [1.29, 1.82) is 0 Å². The first-order valence-corrected chi connectivity index (χ1v) is 10.9. The number of aromatic nitrogens is 2. The van der Waals surface area contributed by atoms with Crippen LogP contribution in [0.2, 0.25) is 0 Å². The van der Waals surface area contributed by atoms with Gasteiger partial charge in [-0.2, -0.15) is 5.10 Å². The maximum atomic E-state index is 15.1. The Morgan fingerprint density at radius 2 is 2.03 bits per heavy atom. The van der Waals surface area contributed by atoms with Crippen LogP contribution in [0.1, 0.15) is 73.3 Å². The van der Waals surface area contributed by atoms with Crippen LogP contribution >= 0.6 is 0 Å². The van der Waals surface area contributed by atoms with Gasteiger partial charge in [-0.3, -0.25) is 4.79 Å². The van der Waals surface area contributed by atoms with Gasteiger partial charge in [-0.25, -0.2) is 9.07 Å². The van der Waals surface area contributed by atoms with E-state index >= 15 is 4.39 Å². The van der Waals surface area contributed by atoms with Crippen molar-refractivity contribution in [1.82, 2.24) is 9.78 Å². The minimum absolute atomic E-state index is 0.0151. The van der Waals surface area contributed by atoms with Crippen molar-refractivity contribution < 1.29 is 9.18 Å². The van der Waals surface area contributed by atoms with E-state index in [2.05, 4.69) is 19.2 Å². The van der Waals surface area contributed by atoms with E-state index in [-0.39, 0.29) is 23.1 Å². The van der Waals surface area contributed by atoms with Crippen molar-refractivity contribution >= 4 is 11.6 Å². The molecule has 2 aromatic rings. The first-order chi connectivity index (χ1) is 14.2. The molecule has 30 heavy (non-hydrogen) atoms. The summed E-state index contributed by atoms with van der Waals surface area (Å²) in [7, 11) is 0. The summed E-state index contributed by atoms with van der Waals surface area (Å²) in [5.41, 5.74) is 16.2. The Hall–Kier alpha value is -2.41. The molecule has 0 unspecified atom stereocenters. The Labute approximate surface area is 177 Å². The van der Waals surface area contributed by atoms with Gasteiger partial charge in [0, 0.05) is 23.8 Å². The number of halogens is 1. The van der Waals surface area contributed by atoms with E-state index in [0.29, 0.717) is 11.4 Å². The fourth-order valence-electron chi connectivity index (χ4n) is 4.95. The normalized spacial score (nSPS) is 23.1. The van der Waals surface area contributed by atoms with E-state index in [1.807, 2.05) is 11.6 Å². The van der Waals surface area contributed by atoms with E-state index in [1.165, 1.54) is 11.6 Å². The molecule has 4 rings (SSSR count). The van der Waals surface area contributed by atoms with E-state index in [9.17, 15) is 4.79 Å². The largest absolute Gasteiger partial charge is 0.380 e. The fraction of sp³-hybridized carbons (Fsp3) is 0.565. The summed E-state index contributed by atoms with van der Waals surface area (Å²) in [5.74, 6) is -1.42. The molecule has 2 aliphatic rings. The number of benzene rings is 1. The number of fused-ring (bicyclic) bond motifs is 1. The smallest absolute Gasteiger partial charge is 0.253 e. The fourth-order valence-corrected chi connectivity index (χ4v) is 4.95. The summed E-state index contributed by atoms with van der Waals surface area (Å²) >= 11 is 0. The third kappa shape index (κ3) is 3.83. The molecule has 5 N–H and O–H groups in total. The molecule has 1 saturated carbocycles. The highest BCUT2D eigenvalue weighted by molar-refractivity contribution is 5.99. The van der Waals surface area contributed by atoms with Gasteiger partial charge in [-0.05, 0) is 56.1 Å². The topological polar surface area (TPSA) is 99.0 Å². The average molecular weight is 414 g/mol. The monoisotopic (exact) mass is 413 g/mol. The first kappa shape index (κ1) is 20.8. The van der Waals surface area contributed by atoms with Crippen LogP contribution < -0.4 is 16.8 Å². The molecule has 0 radical (unpaired) electrons. The van der Waals surface area contributed by atoms with Gasteiger partial charge in [0.1, 0.15) is 5.82 Å². The molecule has 162 valence electrons. The number of hydrogen-bond acceptors (Lipinski definition) is 4. The number of nitrogens with one attached hydrogen (secondary N) is 1. The van der Waals surface area contributed by atoms with Crippen LogP contribution in [0.3, 0.4) is 0 Å². The molecular formula is C23H32FN5O. The number of anilines is 1. The Kier molecular flexibility index (Phi) is 5.34. The molecule has 1 aromatic carbocycles. The van der Waals surface area contributed by atoms with Crippen LogP contribution in [0.5, 0.6) is 0 Å². The predicted molar refractivity (Wildman–Crippen MR) is 116 cm³/mol. The molecule has 1 amide bonds. The summed E-state index contributed by atoms with van der Waals surface area (Å²) < 4.78 is 16.9. The SMILES string of the molecule is Cc1nn(-c2cc(F)c(C(N)=O)c(N[C@H]3CCCC[C@@H]3N)c2)c2c1CCC(C)(C)C2. The molecular weight excluding hydrogens is 381 g/mol. The Morgan fingerprint density at radius 3 is 2.73 bits per heavy atom.